The molecular weight excluding hydrogens is 308 g/mol. The fourth-order valence-electron chi connectivity index (χ4n) is 1.29. The zero-order valence-electron chi connectivity index (χ0n) is 9.78. The van der Waals surface area contributed by atoms with E-state index in [1.54, 1.807) is 0 Å². The second-order valence-electron chi connectivity index (χ2n) is 3.63. The van der Waals surface area contributed by atoms with Crippen LogP contribution in [0.15, 0.2) is 21.7 Å². The SMILES string of the molecule is Cc1csc(CNS(=O)(=O)c2ccc(C(=O)O)s2)n1. The molecule has 0 bridgehead atoms. The molecule has 0 atom stereocenters. The molecule has 0 unspecified atom stereocenters. The molecule has 2 aromatic rings. The average Bonchev–Trinajstić information content (AvgIpc) is 2.95. The summed E-state index contributed by atoms with van der Waals surface area (Å²) in [5.41, 5.74) is 0.837. The maximum Gasteiger partial charge on any atom is 0.345 e. The van der Waals surface area contributed by atoms with Crippen LogP contribution in [0.4, 0.5) is 0 Å². The number of nitrogens with one attached hydrogen (secondary N) is 1. The minimum atomic E-state index is -3.69. The van der Waals surface area contributed by atoms with Crippen LogP contribution < -0.4 is 4.72 Å². The van der Waals surface area contributed by atoms with Gasteiger partial charge in [-0.05, 0) is 19.1 Å². The minimum Gasteiger partial charge on any atom is -0.477 e. The van der Waals surface area contributed by atoms with Gasteiger partial charge in [0.2, 0.25) is 10.0 Å². The van der Waals surface area contributed by atoms with Gasteiger partial charge in [0.15, 0.2) is 0 Å². The molecule has 9 heteroatoms. The smallest absolute Gasteiger partial charge is 0.345 e. The Labute approximate surface area is 117 Å². The van der Waals surface area contributed by atoms with Gasteiger partial charge < -0.3 is 5.11 Å². The van der Waals surface area contributed by atoms with Crippen molar-refractivity contribution in [2.75, 3.05) is 0 Å². The Bertz CT molecular complexity index is 702. The Morgan fingerprint density at radius 1 is 1.47 bits per heavy atom. The first kappa shape index (κ1) is 14.1. The molecular formula is C10H10N2O4S3. The van der Waals surface area contributed by atoms with Gasteiger partial charge in [0.05, 0.1) is 6.54 Å². The van der Waals surface area contributed by atoms with E-state index in [4.69, 9.17) is 5.11 Å². The molecule has 0 radical (unpaired) electrons. The number of hydrogen-bond acceptors (Lipinski definition) is 6. The van der Waals surface area contributed by atoms with Crippen molar-refractivity contribution < 1.29 is 18.3 Å². The van der Waals surface area contributed by atoms with Crippen molar-refractivity contribution in [1.29, 1.82) is 0 Å². The van der Waals surface area contributed by atoms with Gasteiger partial charge >= 0.3 is 5.97 Å². The number of thiophene rings is 1. The van der Waals surface area contributed by atoms with Gasteiger partial charge in [-0.2, -0.15) is 0 Å². The number of hydrogen-bond donors (Lipinski definition) is 2. The van der Waals surface area contributed by atoms with Crippen LogP contribution >= 0.6 is 22.7 Å². The molecule has 0 amide bonds. The molecule has 102 valence electrons. The minimum absolute atomic E-state index is 0.00883. The fraction of sp³-hybridized carbons (Fsp3) is 0.200. The third-order valence-corrected chi connectivity index (χ3v) is 6.07. The van der Waals surface area contributed by atoms with Crippen molar-refractivity contribution in [3.05, 3.63) is 33.1 Å². The number of carbonyl (C=O) groups is 1. The molecule has 2 N–H and O–H groups in total. The van der Waals surface area contributed by atoms with Crippen LogP contribution in [-0.4, -0.2) is 24.5 Å². The van der Waals surface area contributed by atoms with E-state index in [2.05, 4.69) is 9.71 Å². The van der Waals surface area contributed by atoms with E-state index in [0.29, 0.717) is 5.01 Å². The zero-order chi connectivity index (χ0) is 14.0. The van der Waals surface area contributed by atoms with E-state index >= 15 is 0 Å². The van der Waals surface area contributed by atoms with E-state index < -0.39 is 16.0 Å². The standard InChI is InChI=1S/C10H10N2O4S3/c1-6-5-17-8(12-6)4-11-19(15,16)9-3-2-7(18-9)10(13)14/h2-3,5,11H,4H2,1H3,(H,13,14). The van der Waals surface area contributed by atoms with Gasteiger partial charge in [-0.15, -0.1) is 22.7 Å². The lowest BCUT2D eigenvalue weighted by molar-refractivity contribution is 0.0702. The summed E-state index contributed by atoms with van der Waals surface area (Å²) in [6.45, 7) is 1.92. The van der Waals surface area contributed by atoms with Gasteiger partial charge in [-0.3, -0.25) is 0 Å². The predicted molar refractivity (Wildman–Crippen MR) is 72.2 cm³/mol. The maximum absolute atomic E-state index is 11.9. The third-order valence-electron chi connectivity index (χ3n) is 2.14. The Morgan fingerprint density at radius 3 is 2.74 bits per heavy atom. The zero-order valence-corrected chi connectivity index (χ0v) is 12.2. The summed E-state index contributed by atoms with van der Waals surface area (Å²) in [5, 5.41) is 11.3. The summed E-state index contributed by atoms with van der Waals surface area (Å²) in [4.78, 5) is 14.8. The third kappa shape index (κ3) is 3.38. The van der Waals surface area contributed by atoms with Crippen molar-refractivity contribution >= 4 is 38.7 Å². The Hall–Kier alpha value is -1.29. The highest BCUT2D eigenvalue weighted by atomic mass is 32.2. The highest BCUT2D eigenvalue weighted by molar-refractivity contribution is 7.91. The highest BCUT2D eigenvalue weighted by Gasteiger charge is 2.19. The number of sulfonamides is 1. The summed E-state index contributed by atoms with van der Waals surface area (Å²) in [7, 11) is -3.69. The first-order valence-corrected chi connectivity index (χ1v) is 8.30. The molecule has 2 rings (SSSR count). The number of thiazole rings is 1. The first-order valence-electron chi connectivity index (χ1n) is 5.12. The van der Waals surface area contributed by atoms with Gasteiger partial charge in [0.1, 0.15) is 14.1 Å². The van der Waals surface area contributed by atoms with Crippen LogP contribution in [0.3, 0.4) is 0 Å². The van der Waals surface area contributed by atoms with E-state index in [1.165, 1.54) is 23.5 Å². The lowest BCUT2D eigenvalue weighted by atomic mass is 10.5. The molecule has 0 aliphatic heterocycles. The highest BCUT2D eigenvalue weighted by Crippen LogP contribution is 2.21. The number of carboxylic acid groups (broad SMARTS) is 1. The van der Waals surface area contributed by atoms with E-state index in [0.717, 1.165) is 17.0 Å². The van der Waals surface area contributed by atoms with Crippen LogP contribution in [0.25, 0.3) is 0 Å². The fourth-order valence-corrected chi connectivity index (χ4v) is 4.27. The first-order chi connectivity index (χ1) is 8.88. The summed E-state index contributed by atoms with van der Waals surface area (Å²) in [6.07, 6.45) is 0. The monoisotopic (exact) mass is 318 g/mol. The average molecular weight is 318 g/mol. The molecule has 2 heterocycles. The molecule has 0 aromatic carbocycles. The Kier molecular flexibility index (Phi) is 3.99. The lowest BCUT2D eigenvalue weighted by Gasteiger charge is -2.01. The molecule has 19 heavy (non-hydrogen) atoms. The summed E-state index contributed by atoms with van der Waals surface area (Å²) in [5.74, 6) is -1.14. The van der Waals surface area contributed by atoms with Gasteiger partial charge in [-0.1, -0.05) is 0 Å². The topological polar surface area (TPSA) is 96.4 Å². The van der Waals surface area contributed by atoms with Gasteiger partial charge in [0, 0.05) is 11.1 Å². The van der Waals surface area contributed by atoms with E-state index in [1.807, 2.05) is 12.3 Å². The van der Waals surface area contributed by atoms with E-state index in [9.17, 15) is 13.2 Å². The molecule has 2 aromatic heterocycles. The van der Waals surface area contributed by atoms with Crippen molar-refractivity contribution in [2.45, 2.75) is 17.7 Å². The van der Waals surface area contributed by atoms with Crippen molar-refractivity contribution in [3.63, 3.8) is 0 Å². The predicted octanol–water partition coefficient (Wildman–Crippen LogP) is 1.69. The maximum atomic E-state index is 11.9. The quantitative estimate of drug-likeness (QED) is 0.874. The summed E-state index contributed by atoms with van der Waals surface area (Å²) < 4.78 is 26.2. The second-order valence-corrected chi connectivity index (χ2v) is 7.65. The van der Waals surface area contributed by atoms with Crippen LogP contribution in [-0.2, 0) is 16.6 Å². The van der Waals surface area contributed by atoms with Gasteiger partial charge in [-0.25, -0.2) is 22.9 Å². The van der Waals surface area contributed by atoms with Crippen molar-refractivity contribution in [1.82, 2.24) is 9.71 Å². The number of aromatic nitrogens is 1. The number of aromatic carboxylic acids is 1. The van der Waals surface area contributed by atoms with Crippen LogP contribution in [0, 0.1) is 6.92 Å². The normalized spacial score (nSPS) is 11.6. The van der Waals surface area contributed by atoms with Crippen molar-refractivity contribution in [3.8, 4) is 0 Å². The lowest BCUT2D eigenvalue weighted by Crippen LogP contribution is -2.22. The number of rotatable bonds is 5. The summed E-state index contributed by atoms with van der Waals surface area (Å²) >= 11 is 2.09. The second kappa shape index (κ2) is 5.37. The molecule has 0 saturated heterocycles. The number of aryl methyl sites for hydroxylation is 1. The molecule has 0 fully saturated rings. The van der Waals surface area contributed by atoms with Crippen molar-refractivity contribution in [2.24, 2.45) is 0 Å². The molecule has 0 aliphatic rings. The Balaban J connectivity index is 2.11. The van der Waals surface area contributed by atoms with Crippen LogP contribution in [0.5, 0.6) is 0 Å². The van der Waals surface area contributed by atoms with Gasteiger partial charge in [0.25, 0.3) is 0 Å². The molecule has 0 saturated carbocycles. The molecule has 0 aliphatic carbocycles. The largest absolute Gasteiger partial charge is 0.477 e. The molecule has 6 nitrogen and oxygen atoms in total. The molecule has 0 spiro atoms. The Morgan fingerprint density at radius 2 is 2.21 bits per heavy atom. The summed E-state index contributed by atoms with van der Waals surface area (Å²) in [6, 6.07) is 2.55. The van der Waals surface area contributed by atoms with Crippen LogP contribution in [0.2, 0.25) is 0 Å². The number of carboxylic acids is 1. The van der Waals surface area contributed by atoms with E-state index in [-0.39, 0.29) is 15.6 Å². The van der Waals surface area contributed by atoms with Crippen LogP contribution in [0.1, 0.15) is 20.4 Å². The number of nitrogens with zero attached hydrogens (tertiary/aromatic N) is 1.